The van der Waals surface area contributed by atoms with Crippen LogP contribution in [0.5, 0.6) is 0 Å². The van der Waals surface area contributed by atoms with Crippen molar-refractivity contribution in [2.24, 2.45) is 0 Å². The number of carbonyl (C=O) groups is 1. The number of hydrogen-bond donors (Lipinski definition) is 1. The molecule has 24 heavy (non-hydrogen) atoms. The Bertz CT molecular complexity index is 591. The standard InChI is InChI=1S/C19H27BrN2O2/c1-14-11-22(12-15(2)24-14)19(3,4)13-21-18(23)9-8-16-6-5-7-17(20)10-16/h5-10,14-15H,11-13H2,1-4H3,(H,21,23)/b9-8-/t14-,15+. The van der Waals surface area contributed by atoms with Gasteiger partial charge in [0.15, 0.2) is 0 Å². The van der Waals surface area contributed by atoms with Crippen LogP contribution in [0.2, 0.25) is 0 Å². The SMILES string of the molecule is C[C@@H]1CN(C(C)(C)CNC(=O)/C=C\c2cccc(Br)c2)C[C@H](C)O1. The van der Waals surface area contributed by atoms with Crippen LogP contribution in [0.3, 0.4) is 0 Å². The topological polar surface area (TPSA) is 41.6 Å². The summed E-state index contributed by atoms with van der Waals surface area (Å²) in [5, 5.41) is 3.01. The van der Waals surface area contributed by atoms with Crippen LogP contribution in [-0.2, 0) is 9.53 Å². The van der Waals surface area contributed by atoms with Gasteiger partial charge in [-0.05, 0) is 51.5 Å². The average molecular weight is 395 g/mol. The summed E-state index contributed by atoms with van der Waals surface area (Å²) in [7, 11) is 0. The molecule has 0 bridgehead atoms. The van der Waals surface area contributed by atoms with Crippen LogP contribution in [0.25, 0.3) is 6.08 Å². The summed E-state index contributed by atoms with van der Waals surface area (Å²) in [6.45, 7) is 10.9. The Hall–Kier alpha value is -1.17. The van der Waals surface area contributed by atoms with Crippen LogP contribution in [-0.4, -0.2) is 48.2 Å². The summed E-state index contributed by atoms with van der Waals surface area (Å²) in [6.07, 6.45) is 3.86. The highest BCUT2D eigenvalue weighted by molar-refractivity contribution is 9.10. The molecule has 0 spiro atoms. The van der Waals surface area contributed by atoms with Crippen LogP contribution in [0.4, 0.5) is 0 Å². The van der Waals surface area contributed by atoms with Crippen molar-refractivity contribution in [2.75, 3.05) is 19.6 Å². The maximum Gasteiger partial charge on any atom is 0.244 e. The molecule has 0 aromatic heterocycles. The molecule has 1 fully saturated rings. The van der Waals surface area contributed by atoms with Crippen LogP contribution in [0.1, 0.15) is 33.3 Å². The van der Waals surface area contributed by atoms with Crippen molar-refractivity contribution in [3.63, 3.8) is 0 Å². The monoisotopic (exact) mass is 394 g/mol. The Morgan fingerprint density at radius 2 is 2.04 bits per heavy atom. The van der Waals surface area contributed by atoms with Gasteiger partial charge in [-0.3, -0.25) is 9.69 Å². The smallest absolute Gasteiger partial charge is 0.244 e. The predicted octanol–water partition coefficient (Wildman–Crippen LogP) is 3.47. The van der Waals surface area contributed by atoms with Gasteiger partial charge < -0.3 is 10.1 Å². The fourth-order valence-corrected chi connectivity index (χ4v) is 3.35. The summed E-state index contributed by atoms with van der Waals surface area (Å²) in [6, 6.07) is 7.86. The number of hydrogen-bond acceptors (Lipinski definition) is 3. The molecule has 1 heterocycles. The second-order valence-corrected chi connectivity index (χ2v) is 8.00. The van der Waals surface area contributed by atoms with Crippen LogP contribution in [0, 0.1) is 0 Å². The maximum atomic E-state index is 12.1. The van der Waals surface area contributed by atoms with Gasteiger partial charge in [-0.25, -0.2) is 0 Å². The van der Waals surface area contributed by atoms with Crippen molar-refractivity contribution < 1.29 is 9.53 Å². The molecule has 1 aliphatic rings. The molecule has 0 saturated carbocycles. The van der Waals surface area contributed by atoms with Gasteiger partial charge in [0.05, 0.1) is 12.2 Å². The van der Waals surface area contributed by atoms with Crippen molar-refractivity contribution in [2.45, 2.75) is 45.4 Å². The number of nitrogens with one attached hydrogen (secondary N) is 1. The molecule has 1 saturated heterocycles. The van der Waals surface area contributed by atoms with Crippen molar-refractivity contribution in [3.8, 4) is 0 Å². The molecule has 1 aromatic carbocycles. The quantitative estimate of drug-likeness (QED) is 0.777. The van der Waals surface area contributed by atoms with Crippen molar-refractivity contribution in [1.29, 1.82) is 0 Å². The second-order valence-electron chi connectivity index (χ2n) is 7.08. The number of carbonyl (C=O) groups excluding carboxylic acids is 1. The molecule has 1 aromatic rings. The molecule has 1 N–H and O–H groups in total. The number of ether oxygens (including phenoxy) is 1. The van der Waals surface area contributed by atoms with E-state index in [-0.39, 0.29) is 23.7 Å². The van der Waals surface area contributed by atoms with Gasteiger partial charge in [0, 0.05) is 35.7 Å². The summed E-state index contributed by atoms with van der Waals surface area (Å²) in [5.41, 5.74) is 0.889. The minimum absolute atomic E-state index is 0.0718. The van der Waals surface area contributed by atoms with Gasteiger partial charge in [-0.1, -0.05) is 28.1 Å². The Labute approximate surface area is 153 Å². The van der Waals surface area contributed by atoms with Crippen LogP contribution >= 0.6 is 15.9 Å². The zero-order valence-electron chi connectivity index (χ0n) is 14.9. The molecule has 132 valence electrons. The predicted molar refractivity (Wildman–Crippen MR) is 102 cm³/mol. The highest BCUT2D eigenvalue weighted by Gasteiger charge is 2.33. The molecular formula is C19H27BrN2O2. The minimum Gasteiger partial charge on any atom is -0.373 e. The zero-order valence-corrected chi connectivity index (χ0v) is 16.5. The van der Waals surface area contributed by atoms with Crippen LogP contribution < -0.4 is 5.32 Å². The summed E-state index contributed by atoms with van der Waals surface area (Å²) < 4.78 is 6.79. The third-order valence-corrected chi connectivity index (χ3v) is 4.74. The lowest BCUT2D eigenvalue weighted by Gasteiger charge is -2.45. The largest absolute Gasteiger partial charge is 0.373 e. The number of rotatable bonds is 5. The first-order valence-corrected chi connectivity index (χ1v) is 9.17. The molecule has 1 amide bonds. The Balaban J connectivity index is 1.88. The maximum absolute atomic E-state index is 12.1. The van der Waals surface area contributed by atoms with E-state index in [9.17, 15) is 4.79 Å². The van der Waals surface area contributed by atoms with Gasteiger partial charge >= 0.3 is 0 Å². The van der Waals surface area contributed by atoms with Crippen molar-refractivity contribution >= 4 is 27.9 Å². The fourth-order valence-electron chi connectivity index (χ4n) is 2.93. The Kier molecular flexibility index (Phi) is 6.61. The summed E-state index contributed by atoms with van der Waals surface area (Å²) in [5.74, 6) is -0.0718. The highest BCUT2D eigenvalue weighted by atomic mass is 79.9. The van der Waals surface area contributed by atoms with E-state index < -0.39 is 0 Å². The molecular weight excluding hydrogens is 368 g/mol. The van der Waals surface area contributed by atoms with E-state index >= 15 is 0 Å². The first-order chi connectivity index (χ1) is 11.3. The van der Waals surface area contributed by atoms with E-state index in [1.807, 2.05) is 30.3 Å². The van der Waals surface area contributed by atoms with E-state index in [1.54, 1.807) is 6.08 Å². The zero-order chi connectivity index (χ0) is 17.7. The third kappa shape index (κ3) is 5.72. The first-order valence-electron chi connectivity index (χ1n) is 8.38. The van der Waals surface area contributed by atoms with Gasteiger partial charge in [-0.2, -0.15) is 0 Å². The van der Waals surface area contributed by atoms with Gasteiger partial charge in [-0.15, -0.1) is 0 Å². The summed E-state index contributed by atoms with van der Waals surface area (Å²) >= 11 is 3.43. The molecule has 0 radical (unpaired) electrons. The molecule has 0 aliphatic carbocycles. The highest BCUT2D eigenvalue weighted by Crippen LogP contribution is 2.20. The van der Waals surface area contributed by atoms with Crippen molar-refractivity contribution in [1.82, 2.24) is 10.2 Å². The number of amides is 1. The van der Waals surface area contributed by atoms with E-state index in [4.69, 9.17) is 4.74 Å². The third-order valence-electron chi connectivity index (χ3n) is 4.25. The normalized spacial score (nSPS) is 22.7. The molecule has 0 unspecified atom stereocenters. The molecule has 5 heteroatoms. The Morgan fingerprint density at radius 1 is 1.38 bits per heavy atom. The number of morpholine rings is 1. The van der Waals surface area contributed by atoms with Crippen LogP contribution in [0.15, 0.2) is 34.8 Å². The Morgan fingerprint density at radius 3 is 2.67 bits per heavy atom. The minimum atomic E-state index is -0.106. The van der Waals surface area contributed by atoms with E-state index in [2.05, 4.69) is 53.8 Å². The molecule has 2 rings (SSSR count). The number of nitrogens with zero attached hydrogens (tertiary/aromatic N) is 1. The van der Waals surface area contributed by atoms with Gasteiger partial charge in [0.1, 0.15) is 0 Å². The van der Waals surface area contributed by atoms with Gasteiger partial charge in [0.2, 0.25) is 5.91 Å². The van der Waals surface area contributed by atoms with E-state index in [0.29, 0.717) is 6.54 Å². The first kappa shape index (κ1) is 19.2. The van der Waals surface area contributed by atoms with E-state index in [0.717, 1.165) is 23.1 Å². The fraction of sp³-hybridized carbons (Fsp3) is 0.526. The van der Waals surface area contributed by atoms with E-state index in [1.165, 1.54) is 0 Å². The second kappa shape index (κ2) is 8.28. The summed E-state index contributed by atoms with van der Waals surface area (Å²) in [4.78, 5) is 14.5. The number of halogens is 1. The molecule has 1 aliphatic heterocycles. The lowest BCUT2D eigenvalue weighted by molar-refractivity contribution is -0.118. The lowest BCUT2D eigenvalue weighted by atomic mass is 10.00. The molecule has 4 nitrogen and oxygen atoms in total. The van der Waals surface area contributed by atoms with Crippen molar-refractivity contribution in [3.05, 3.63) is 40.4 Å². The van der Waals surface area contributed by atoms with Gasteiger partial charge in [0.25, 0.3) is 0 Å². The lowest BCUT2D eigenvalue weighted by Crippen LogP contribution is -2.58. The number of benzene rings is 1. The average Bonchev–Trinajstić information content (AvgIpc) is 2.50. The molecule has 2 atom stereocenters.